The molecule has 10 aromatic rings. The first-order valence-corrected chi connectivity index (χ1v) is 24.7. The van der Waals surface area contributed by atoms with Gasteiger partial charge in [0, 0.05) is 61.8 Å². The van der Waals surface area contributed by atoms with E-state index in [4.69, 9.17) is 19.9 Å². The highest BCUT2D eigenvalue weighted by atomic mass is 15.2. The van der Waals surface area contributed by atoms with E-state index < -0.39 is 0 Å². The lowest BCUT2D eigenvalue weighted by Gasteiger charge is -2.28. The van der Waals surface area contributed by atoms with Crippen LogP contribution in [0.5, 0.6) is 0 Å². The normalized spacial score (nSPS) is 12.1. The average molecular weight is 915 g/mol. The summed E-state index contributed by atoms with van der Waals surface area (Å²) in [5.41, 5.74) is 17.5. The van der Waals surface area contributed by atoms with E-state index in [9.17, 15) is 0 Å². The fraction of sp³-hybridized carbons (Fsp3) is 0.219. The van der Waals surface area contributed by atoms with E-state index in [2.05, 4.69) is 243 Å². The number of aromatic amines is 1. The molecule has 0 bridgehead atoms. The van der Waals surface area contributed by atoms with Crippen LogP contribution in [0.3, 0.4) is 0 Å². The van der Waals surface area contributed by atoms with Crippen molar-refractivity contribution < 1.29 is 0 Å². The highest BCUT2D eigenvalue weighted by Crippen LogP contribution is 2.45. The van der Waals surface area contributed by atoms with Crippen LogP contribution in [0.2, 0.25) is 0 Å². The number of rotatable bonds is 10. The third-order valence-electron chi connectivity index (χ3n) is 13.4. The van der Waals surface area contributed by atoms with Crippen LogP contribution in [-0.2, 0) is 10.8 Å². The monoisotopic (exact) mass is 915 g/mol. The molecule has 0 aliphatic heterocycles. The number of hydrogen-bond acceptors (Lipinski definition) is 5. The number of fused-ring (bicyclic) bond motifs is 3. The van der Waals surface area contributed by atoms with Crippen LogP contribution in [0.1, 0.15) is 104 Å². The van der Waals surface area contributed by atoms with Gasteiger partial charge in [-0.15, -0.1) is 0 Å². The standard InChI is InChI=1S/C64H62N6/c1-40(2)55-39-56(41(3)4)69-62(68-55)46-34-57(66-58(35-46)53-38-48(64(8,9)10)37-52-51-36-47(63(5,6)7)28-29-54(51)67-61(52)53)45-31-44(42-21-13-11-14-22-42)32-49(33-45)70(60-27-19-20-30-65-60)59-26-18-17-25-50(59)43-23-15-12-16-24-43/h11-41,67H,1-10H3. The average Bonchev–Trinajstić information content (AvgIpc) is 3.74. The minimum Gasteiger partial charge on any atom is -0.354 e. The Morgan fingerprint density at radius 3 is 1.73 bits per heavy atom. The van der Waals surface area contributed by atoms with Crippen LogP contribution in [0.15, 0.2) is 176 Å². The Balaban J connectivity index is 1.29. The van der Waals surface area contributed by atoms with Crippen LogP contribution >= 0.6 is 0 Å². The number of benzene rings is 6. The largest absolute Gasteiger partial charge is 0.354 e. The van der Waals surface area contributed by atoms with Gasteiger partial charge in [-0.2, -0.15) is 0 Å². The van der Waals surface area contributed by atoms with Crippen molar-refractivity contribution in [2.45, 2.75) is 91.9 Å². The SMILES string of the molecule is CC(C)c1cc(C(C)C)nc(-c2cc(-c3cc(-c4ccccc4)cc(N(c4ccccn4)c4ccccc4-c4ccccc4)c3)nc(-c3cc(C(C)(C)C)cc4c3[nH]c3ccc(C(C)(C)C)cc34)c2)n1. The number of para-hydroxylation sites is 1. The fourth-order valence-corrected chi connectivity index (χ4v) is 9.35. The number of hydrogen-bond donors (Lipinski definition) is 1. The van der Waals surface area contributed by atoms with Crippen molar-refractivity contribution in [1.82, 2.24) is 24.9 Å². The number of pyridine rings is 2. The number of aromatic nitrogens is 5. The van der Waals surface area contributed by atoms with E-state index >= 15 is 0 Å². The Morgan fingerprint density at radius 1 is 0.457 bits per heavy atom. The molecule has 0 amide bonds. The lowest BCUT2D eigenvalue weighted by atomic mass is 9.83. The summed E-state index contributed by atoms with van der Waals surface area (Å²) in [6, 6.07) is 60.9. The van der Waals surface area contributed by atoms with E-state index in [0.29, 0.717) is 5.82 Å². The quantitative estimate of drug-likeness (QED) is 0.148. The Hall–Kier alpha value is -7.70. The lowest BCUT2D eigenvalue weighted by Crippen LogP contribution is -2.13. The van der Waals surface area contributed by atoms with Crippen molar-refractivity contribution in [1.29, 1.82) is 0 Å². The Labute approximate surface area is 413 Å². The first-order chi connectivity index (χ1) is 33.6. The van der Waals surface area contributed by atoms with Crippen LogP contribution in [-0.4, -0.2) is 24.9 Å². The van der Waals surface area contributed by atoms with Gasteiger partial charge >= 0.3 is 0 Å². The van der Waals surface area contributed by atoms with Gasteiger partial charge in [0.2, 0.25) is 0 Å². The Kier molecular flexibility index (Phi) is 12.1. The molecule has 0 radical (unpaired) electrons. The van der Waals surface area contributed by atoms with Crippen molar-refractivity contribution in [3.8, 4) is 56.2 Å². The van der Waals surface area contributed by atoms with Gasteiger partial charge in [-0.1, -0.05) is 160 Å². The van der Waals surface area contributed by atoms with Crippen molar-refractivity contribution in [2.24, 2.45) is 0 Å². The number of nitrogens with zero attached hydrogens (tertiary/aromatic N) is 5. The van der Waals surface area contributed by atoms with Gasteiger partial charge in [0.25, 0.3) is 0 Å². The van der Waals surface area contributed by atoms with Gasteiger partial charge in [-0.05, 0) is 129 Å². The highest BCUT2D eigenvalue weighted by Gasteiger charge is 2.25. The molecule has 0 atom stereocenters. The zero-order chi connectivity index (χ0) is 48.9. The molecule has 10 rings (SSSR count). The summed E-state index contributed by atoms with van der Waals surface area (Å²) < 4.78 is 0. The molecule has 1 N–H and O–H groups in total. The van der Waals surface area contributed by atoms with Crippen molar-refractivity contribution in [3.63, 3.8) is 0 Å². The topological polar surface area (TPSA) is 70.6 Å². The lowest BCUT2D eigenvalue weighted by molar-refractivity contribution is 0.590. The van der Waals surface area contributed by atoms with Gasteiger partial charge in [-0.25, -0.2) is 19.9 Å². The molecule has 0 aliphatic carbocycles. The molecule has 0 unspecified atom stereocenters. The predicted molar refractivity (Wildman–Crippen MR) is 294 cm³/mol. The van der Waals surface area contributed by atoms with Gasteiger partial charge in [0.1, 0.15) is 5.82 Å². The minimum absolute atomic E-state index is 0.00464. The second kappa shape index (κ2) is 18.3. The summed E-state index contributed by atoms with van der Waals surface area (Å²) in [5.74, 6) is 1.93. The minimum atomic E-state index is -0.140. The second-order valence-electron chi connectivity index (χ2n) is 21.3. The summed E-state index contributed by atoms with van der Waals surface area (Å²) in [6.07, 6.45) is 1.86. The molecule has 6 aromatic carbocycles. The van der Waals surface area contributed by atoms with Crippen LogP contribution in [0.25, 0.3) is 78.0 Å². The van der Waals surface area contributed by atoms with Crippen molar-refractivity contribution in [3.05, 3.63) is 199 Å². The maximum absolute atomic E-state index is 5.75. The number of nitrogens with one attached hydrogen (secondary N) is 1. The molecule has 0 saturated carbocycles. The van der Waals surface area contributed by atoms with Crippen LogP contribution in [0, 0.1) is 0 Å². The van der Waals surface area contributed by atoms with Gasteiger partial charge in [-0.3, -0.25) is 4.90 Å². The fourth-order valence-electron chi connectivity index (χ4n) is 9.35. The first kappa shape index (κ1) is 46.1. The van der Waals surface area contributed by atoms with Gasteiger partial charge < -0.3 is 4.98 Å². The molecule has 4 aromatic heterocycles. The third kappa shape index (κ3) is 9.14. The molecular formula is C64H62N6. The predicted octanol–water partition coefficient (Wildman–Crippen LogP) is 17.5. The first-order valence-electron chi connectivity index (χ1n) is 24.7. The summed E-state index contributed by atoms with van der Waals surface area (Å²) in [4.78, 5) is 27.5. The van der Waals surface area contributed by atoms with Crippen molar-refractivity contribution in [2.75, 3.05) is 4.90 Å². The van der Waals surface area contributed by atoms with E-state index in [0.717, 1.165) is 89.9 Å². The zero-order valence-electron chi connectivity index (χ0n) is 42.1. The van der Waals surface area contributed by atoms with Crippen molar-refractivity contribution >= 4 is 39.0 Å². The zero-order valence-corrected chi connectivity index (χ0v) is 42.1. The molecular weight excluding hydrogens is 853 g/mol. The molecule has 70 heavy (non-hydrogen) atoms. The van der Waals surface area contributed by atoms with Crippen LogP contribution in [0.4, 0.5) is 17.2 Å². The molecule has 0 aliphatic rings. The molecule has 0 fully saturated rings. The highest BCUT2D eigenvalue weighted by molar-refractivity contribution is 6.12. The molecule has 0 saturated heterocycles. The van der Waals surface area contributed by atoms with E-state index in [1.807, 2.05) is 12.3 Å². The molecule has 348 valence electrons. The van der Waals surface area contributed by atoms with Gasteiger partial charge in [0.15, 0.2) is 5.82 Å². The van der Waals surface area contributed by atoms with E-state index in [-0.39, 0.29) is 22.7 Å². The Morgan fingerprint density at radius 2 is 1.07 bits per heavy atom. The number of H-pyrrole nitrogens is 1. The second-order valence-corrected chi connectivity index (χ2v) is 21.3. The van der Waals surface area contributed by atoms with E-state index in [1.54, 1.807) is 0 Å². The molecule has 0 spiro atoms. The van der Waals surface area contributed by atoms with Gasteiger partial charge in [0.05, 0.1) is 22.6 Å². The smallest absolute Gasteiger partial charge is 0.159 e. The molecule has 6 nitrogen and oxygen atoms in total. The summed E-state index contributed by atoms with van der Waals surface area (Å²) in [5, 5.41) is 2.40. The Bertz CT molecular complexity index is 3480. The maximum Gasteiger partial charge on any atom is 0.159 e. The van der Waals surface area contributed by atoms with Crippen LogP contribution < -0.4 is 4.90 Å². The maximum atomic E-state index is 5.75. The summed E-state index contributed by atoms with van der Waals surface area (Å²) in [7, 11) is 0. The third-order valence-corrected chi connectivity index (χ3v) is 13.4. The summed E-state index contributed by atoms with van der Waals surface area (Å²) >= 11 is 0. The summed E-state index contributed by atoms with van der Waals surface area (Å²) in [6.45, 7) is 22.5. The molecule has 6 heteroatoms. The number of anilines is 3. The van der Waals surface area contributed by atoms with E-state index in [1.165, 1.54) is 21.9 Å². The molecule has 4 heterocycles.